The molecule has 1 N–H and O–H groups in total. The molecule has 0 spiro atoms. The van der Waals surface area contributed by atoms with Gasteiger partial charge in [0, 0.05) is 23.9 Å². The molecule has 1 aliphatic rings. The van der Waals surface area contributed by atoms with E-state index >= 15 is 0 Å². The maximum atomic E-state index is 13.3. The summed E-state index contributed by atoms with van der Waals surface area (Å²) >= 11 is 0. The van der Waals surface area contributed by atoms with Gasteiger partial charge in [-0.3, -0.25) is 9.10 Å². The lowest BCUT2D eigenvalue weighted by molar-refractivity contribution is 0.103. The summed E-state index contributed by atoms with van der Waals surface area (Å²) in [5.41, 5.74) is 4.02. The van der Waals surface area contributed by atoms with Crippen LogP contribution in [0.1, 0.15) is 43.5 Å². The number of Topliss-reactive ketones (excluding diaryl/α,β-unsaturated/α-hetero) is 1. The Balaban J connectivity index is 2.63. The van der Waals surface area contributed by atoms with Gasteiger partial charge in [0.25, 0.3) is 0 Å². The topological polar surface area (TPSA) is 74.7 Å². The van der Waals surface area contributed by atoms with Crippen molar-refractivity contribution < 1.29 is 18.3 Å². The summed E-state index contributed by atoms with van der Waals surface area (Å²) in [5, 5.41) is 9.51. The van der Waals surface area contributed by atoms with Gasteiger partial charge in [-0.1, -0.05) is 25.2 Å². The number of phenolic OH excluding ortho intramolecular Hbond substituents is 1. The zero-order valence-electron chi connectivity index (χ0n) is 16.8. The minimum atomic E-state index is -3.43. The molecule has 0 unspecified atom stereocenters. The number of hydrogen-bond acceptors (Lipinski definition) is 4. The van der Waals surface area contributed by atoms with Crippen LogP contribution < -0.4 is 0 Å². The highest BCUT2D eigenvalue weighted by Gasteiger charge is 2.27. The van der Waals surface area contributed by atoms with Gasteiger partial charge in [-0.25, -0.2) is 8.42 Å². The third kappa shape index (κ3) is 4.62. The molecule has 0 amide bonds. The van der Waals surface area contributed by atoms with Crippen LogP contribution in [0, 0.1) is 0 Å². The average Bonchev–Trinajstić information content (AvgIpc) is 2.65. The van der Waals surface area contributed by atoms with E-state index in [2.05, 4.69) is 6.58 Å². The molecule has 1 aliphatic carbocycles. The van der Waals surface area contributed by atoms with Crippen molar-refractivity contribution in [2.45, 2.75) is 33.1 Å². The Kier molecular flexibility index (Phi) is 6.67. The molecule has 5 nitrogen and oxygen atoms in total. The summed E-state index contributed by atoms with van der Waals surface area (Å²) in [4.78, 5) is 13.3. The molecule has 0 heterocycles. The lowest BCUT2D eigenvalue weighted by Gasteiger charge is -2.26. The molecule has 0 bridgehead atoms. The van der Waals surface area contributed by atoms with Crippen LogP contribution in [0.15, 0.2) is 71.0 Å². The van der Waals surface area contributed by atoms with Crippen LogP contribution in [-0.2, 0) is 10.0 Å². The number of ketones is 1. The largest absolute Gasteiger partial charge is 0.508 e. The second-order valence-electron chi connectivity index (χ2n) is 6.81. The third-order valence-electron chi connectivity index (χ3n) is 4.96. The summed E-state index contributed by atoms with van der Waals surface area (Å²) in [6.07, 6.45) is 6.76. The van der Waals surface area contributed by atoms with Crippen molar-refractivity contribution in [1.29, 1.82) is 0 Å². The molecular formula is C22H27NO4S. The summed E-state index contributed by atoms with van der Waals surface area (Å²) in [7, 11) is -1.95. The van der Waals surface area contributed by atoms with E-state index in [1.54, 1.807) is 31.2 Å². The quantitative estimate of drug-likeness (QED) is 0.719. The van der Waals surface area contributed by atoms with E-state index in [1.165, 1.54) is 23.5 Å². The van der Waals surface area contributed by atoms with E-state index in [1.807, 2.05) is 6.92 Å². The monoisotopic (exact) mass is 401 g/mol. The third-order valence-corrected chi connectivity index (χ3v) is 6.17. The molecule has 2 rings (SSSR count). The van der Waals surface area contributed by atoms with Crippen molar-refractivity contribution in [2.24, 2.45) is 0 Å². The highest BCUT2D eigenvalue weighted by atomic mass is 32.2. The number of phenols is 1. The fourth-order valence-corrected chi connectivity index (χ4v) is 3.73. The molecule has 0 saturated heterocycles. The maximum absolute atomic E-state index is 13.3. The van der Waals surface area contributed by atoms with E-state index in [9.17, 15) is 18.3 Å². The first-order valence-electron chi connectivity index (χ1n) is 9.16. The number of carbonyl (C=O) groups is 1. The van der Waals surface area contributed by atoms with Gasteiger partial charge in [0.1, 0.15) is 5.75 Å². The van der Waals surface area contributed by atoms with Crippen molar-refractivity contribution in [3.63, 3.8) is 0 Å². The zero-order chi connectivity index (χ0) is 21.1. The Morgan fingerprint density at radius 3 is 2.36 bits per heavy atom. The first kappa shape index (κ1) is 21.7. The van der Waals surface area contributed by atoms with Crippen molar-refractivity contribution in [2.75, 3.05) is 13.3 Å². The Hall–Kier alpha value is -2.60. The van der Waals surface area contributed by atoms with Crippen LogP contribution >= 0.6 is 0 Å². The molecule has 6 heteroatoms. The lowest BCUT2D eigenvalue weighted by atomic mass is 9.79. The predicted octanol–water partition coefficient (Wildman–Crippen LogP) is 4.35. The molecule has 0 aliphatic heterocycles. The van der Waals surface area contributed by atoms with E-state index in [0.717, 1.165) is 36.7 Å². The molecular weight excluding hydrogens is 374 g/mol. The molecule has 0 aromatic heterocycles. The number of hydrogen-bond donors (Lipinski definition) is 1. The lowest BCUT2D eigenvalue weighted by Crippen LogP contribution is -2.25. The SMILES string of the molecule is C=C1CCC(CC)=C(C(=O)c2ccc(O)cc2)C1=CC(=CC)N(C)S(C)(=O)=O. The second kappa shape index (κ2) is 8.61. The molecule has 0 fully saturated rings. The first-order valence-corrected chi connectivity index (χ1v) is 11.0. The van der Waals surface area contributed by atoms with Gasteiger partial charge < -0.3 is 5.11 Å². The standard InChI is InChI=1S/C22H27NO4S/c1-6-16-9-8-15(3)20(14-18(7-2)23(4)28(5,26)27)21(16)22(25)17-10-12-19(24)13-11-17/h7,10-14,24H,3,6,8-9H2,1-2,4-5H3. The molecule has 1 aromatic rings. The fourth-order valence-electron chi connectivity index (χ4n) is 3.19. The van der Waals surface area contributed by atoms with Crippen LogP contribution in [0.4, 0.5) is 0 Å². The zero-order valence-corrected chi connectivity index (χ0v) is 17.6. The second-order valence-corrected chi connectivity index (χ2v) is 8.83. The number of nitrogens with zero attached hydrogens (tertiary/aromatic N) is 1. The van der Waals surface area contributed by atoms with Crippen LogP contribution in [-0.4, -0.2) is 36.9 Å². The van der Waals surface area contributed by atoms with Crippen molar-refractivity contribution in [3.05, 3.63) is 76.5 Å². The van der Waals surface area contributed by atoms with Crippen LogP contribution in [0.5, 0.6) is 5.75 Å². The highest BCUT2D eigenvalue weighted by molar-refractivity contribution is 7.88. The van der Waals surface area contributed by atoms with E-state index in [-0.39, 0.29) is 11.5 Å². The summed E-state index contributed by atoms with van der Waals surface area (Å²) < 4.78 is 25.1. The summed E-state index contributed by atoms with van der Waals surface area (Å²) in [5.74, 6) is -0.0579. The van der Waals surface area contributed by atoms with Crippen molar-refractivity contribution in [1.82, 2.24) is 4.31 Å². The van der Waals surface area contributed by atoms with E-state index < -0.39 is 10.0 Å². The Morgan fingerprint density at radius 1 is 1.25 bits per heavy atom. The number of allylic oxidation sites excluding steroid dienone is 6. The number of benzene rings is 1. The number of carbonyl (C=O) groups excluding carboxylic acids is 1. The predicted molar refractivity (Wildman–Crippen MR) is 113 cm³/mol. The van der Waals surface area contributed by atoms with Gasteiger partial charge in [-0.2, -0.15) is 0 Å². The summed E-state index contributed by atoms with van der Waals surface area (Å²) in [6, 6.07) is 6.14. The molecule has 1 aromatic carbocycles. The number of aromatic hydroxyl groups is 1. The van der Waals surface area contributed by atoms with Crippen molar-refractivity contribution in [3.8, 4) is 5.75 Å². The summed E-state index contributed by atoms with van der Waals surface area (Å²) in [6.45, 7) is 7.88. The fraction of sp³-hybridized carbons (Fsp3) is 0.318. The van der Waals surface area contributed by atoms with E-state index in [0.29, 0.717) is 22.4 Å². The minimum absolute atomic E-state index is 0.0936. The Morgan fingerprint density at radius 2 is 1.86 bits per heavy atom. The van der Waals surface area contributed by atoms with Crippen LogP contribution in [0.25, 0.3) is 0 Å². The van der Waals surface area contributed by atoms with Crippen molar-refractivity contribution >= 4 is 15.8 Å². The Bertz CT molecular complexity index is 980. The van der Waals surface area contributed by atoms with Gasteiger partial charge in [0.15, 0.2) is 5.78 Å². The maximum Gasteiger partial charge on any atom is 0.231 e. The average molecular weight is 402 g/mol. The smallest absolute Gasteiger partial charge is 0.231 e. The highest BCUT2D eigenvalue weighted by Crippen LogP contribution is 2.37. The van der Waals surface area contributed by atoms with Crippen LogP contribution in [0.2, 0.25) is 0 Å². The normalized spacial score (nSPS) is 17.2. The van der Waals surface area contributed by atoms with Crippen LogP contribution in [0.3, 0.4) is 0 Å². The van der Waals surface area contributed by atoms with Gasteiger partial charge in [0.05, 0.1) is 6.26 Å². The van der Waals surface area contributed by atoms with E-state index in [4.69, 9.17) is 0 Å². The molecule has 0 saturated carbocycles. The molecule has 0 atom stereocenters. The van der Waals surface area contributed by atoms with Gasteiger partial charge in [-0.05, 0) is 67.7 Å². The van der Waals surface area contributed by atoms with Gasteiger partial charge in [0.2, 0.25) is 10.0 Å². The Labute approximate surface area is 167 Å². The number of rotatable bonds is 6. The van der Waals surface area contributed by atoms with Gasteiger partial charge in [-0.15, -0.1) is 0 Å². The molecule has 0 radical (unpaired) electrons. The van der Waals surface area contributed by atoms with Gasteiger partial charge >= 0.3 is 0 Å². The molecule has 28 heavy (non-hydrogen) atoms. The minimum Gasteiger partial charge on any atom is -0.508 e. The number of sulfonamides is 1. The first-order chi connectivity index (χ1) is 13.1. The number of likely N-dealkylation sites (N-methyl/N-ethyl adjacent to an activating group) is 1. The molecule has 150 valence electrons.